The largest absolute Gasteiger partial charge is 0.337 e. The Balaban J connectivity index is 0.000000845. The first-order valence-corrected chi connectivity index (χ1v) is 5.37. The Hall–Kier alpha value is 0.190. The zero-order valence-electron chi connectivity index (χ0n) is 7.46. The molecule has 3 N–H and O–H groups in total. The number of aromatic nitrogens is 2. The molecule has 0 spiro atoms. The second-order valence-electron chi connectivity index (χ2n) is 3.54. The van der Waals surface area contributed by atoms with Gasteiger partial charge in [-0.05, 0) is 22.6 Å². The van der Waals surface area contributed by atoms with Crippen LogP contribution in [0, 0.1) is 9.62 Å². The summed E-state index contributed by atoms with van der Waals surface area (Å²) in [6.07, 6.45) is 3.15. The smallest absolute Gasteiger partial charge is 0.165 e. The Morgan fingerprint density at radius 2 is 2.46 bits per heavy atom. The highest BCUT2D eigenvalue weighted by Gasteiger charge is 2.28. The first kappa shape index (κ1) is 11.3. The maximum absolute atomic E-state index is 4.34. The number of nitrogens with zero attached hydrogens (tertiary/aromatic N) is 1. The van der Waals surface area contributed by atoms with Gasteiger partial charge >= 0.3 is 0 Å². The number of hydrogen-bond acceptors (Lipinski definition) is 1. The van der Waals surface area contributed by atoms with Crippen molar-refractivity contribution in [3.63, 3.8) is 0 Å². The highest BCUT2D eigenvalue weighted by molar-refractivity contribution is 14.1. The average Bonchev–Trinajstić information content (AvgIpc) is 2.58. The van der Waals surface area contributed by atoms with Crippen molar-refractivity contribution in [2.45, 2.75) is 19.4 Å². The van der Waals surface area contributed by atoms with Crippen molar-refractivity contribution in [2.75, 3.05) is 6.54 Å². The number of rotatable bonds is 1. The number of nitrogens with one attached hydrogen (secondary N) is 1. The number of nitrogens with two attached hydrogens (primary N) is 1. The molecule has 1 aliphatic heterocycles. The van der Waals surface area contributed by atoms with Gasteiger partial charge in [-0.25, -0.2) is 4.98 Å². The van der Waals surface area contributed by atoms with Crippen LogP contribution < -0.4 is 5.32 Å². The number of aromatic amines is 1. The van der Waals surface area contributed by atoms with E-state index in [4.69, 9.17) is 0 Å². The molecule has 1 fully saturated rings. The van der Waals surface area contributed by atoms with Gasteiger partial charge in [0.25, 0.3) is 0 Å². The summed E-state index contributed by atoms with van der Waals surface area (Å²) in [5, 5.41) is 2.37. The molecular formula is C8H14ClIN3+. The van der Waals surface area contributed by atoms with Crippen LogP contribution in [-0.2, 0) is 0 Å². The van der Waals surface area contributed by atoms with Crippen molar-refractivity contribution < 1.29 is 5.32 Å². The Kier molecular flexibility index (Phi) is 4.00. The fourth-order valence-electron chi connectivity index (χ4n) is 1.75. The number of halogens is 2. The summed E-state index contributed by atoms with van der Waals surface area (Å²) in [7, 11) is 0. The van der Waals surface area contributed by atoms with Gasteiger partial charge in [-0.1, -0.05) is 6.92 Å². The van der Waals surface area contributed by atoms with Crippen LogP contribution in [0.25, 0.3) is 0 Å². The minimum atomic E-state index is 0. The summed E-state index contributed by atoms with van der Waals surface area (Å²) in [6.45, 7) is 3.53. The van der Waals surface area contributed by atoms with Crippen molar-refractivity contribution in [2.24, 2.45) is 5.92 Å². The van der Waals surface area contributed by atoms with E-state index >= 15 is 0 Å². The van der Waals surface area contributed by atoms with Gasteiger partial charge in [0.1, 0.15) is 6.04 Å². The molecule has 1 saturated heterocycles. The maximum atomic E-state index is 4.34. The molecule has 0 aromatic carbocycles. The van der Waals surface area contributed by atoms with Crippen LogP contribution in [-0.4, -0.2) is 16.5 Å². The van der Waals surface area contributed by atoms with Crippen molar-refractivity contribution in [3.8, 4) is 0 Å². The molecule has 0 saturated carbocycles. The minimum Gasteiger partial charge on any atom is -0.337 e. The molecule has 2 heterocycles. The summed E-state index contributed by atoms with van der Waals surface area (Å²) in [6, 6.07) is 0.573. The summed E-state index contributed by atoms with van der Waals surface area (Å²) in [4.78, 5) is 7.62. The molecule has 5 heteroatoms. The van der Waals surface area contributed by atoms with Crippen LogP contribution in [0.2, 0.25) is 0 Å². The number of hydrogen-bond donors (Lipinski definition) is 2. The fourth-order valence-corrected chi connectivity index (χ4v) is 2.16. The molecule has 3 nitrogen and oxygen atoms in total. The molecule has 0 unspecified atom stereocenters. The third-order valence-electron chi connectivity index (χ3n) is 2.39. The monoisotopic (exact) mass is 314 g/mol. The van der Waals surface area contributed by atoms with Crippen molar-refractivity contribution >= 4 is 35.0 Å². The molecule has 1 aliphatic rings. The van der Waals surface area contributed by atoms with E-state index in [1.807, 2.05) is 6.20 Å². The van der Waals surface area contributed by atoms with Gasteiger partial charge in [0.2, 0.25) is 0 Å². The van der Waals surface area contributed by atoms with E-state index in [1.54, 1.807) is 0 Å². The lowest BCUT2D eigenvalue weighted by molar-refractivity contribution is -0.679. The highest BCUT2D eigenvalue weighted by atomic mass is 127. The van der Waals surface area contributed by atoms with Gasteiger partial charge in [-0.2, -0.15) is 0 Å². The summed E-state index contributed by atoms with van der Waals surface area (Å²) in [5.41, 5.74) is 0. The summed E-state index contributed by atoms with van der Waals surface area (Å²) < 4.78 is 1.13. The summed E-state index contributed by atoms with van der Waals surface area (Å²) >= 11 is 2.26. The van der Waals surface area contributed by atoms with Crippen molar-refractivity contribution in [1.82, 2.24) is 9.97 Å². The zero-order chi connectivity index (χ0) is 8.55. The standard InChI is InChI=1S/C8H12IN3.ClH/c1-5-2-6(10-3-5)8-11-4-7(9)12-8;/h4-6,10H,2-3H2,1H3,(H,11,12);1H/p+1/t5-,6-;/m0./s1. The van der Waals surface area contributed by atoms with Gasteiger partial charge in [-0.3, -0.25) is 0 Å². The molecule has 2 rings (SSSR count). The van der Waals surface area contributed by atoms with E-state index in [-0.39, 0.29) is 12.4 Å². The Labute approximate surface area is 97.6 Å². The fraction of sp³-hybridized carbons (Fsp3) is 0.625. The van der Waals surface area contributed by atoms with E-state index in [0.717, 1.165) is 15.4 Å². The normalized spacial score (nSPS) is 27.2. The predicted molar refractivity (Wildman–Crippen MR) is 61.9 cm³/mol. The van der Waals surface area contributed by atoms with E-state index in [0.29, 0.717) is 6.04 Å². The van der Waals surface area contributed by atoms with Crippen molar-refractivity contribution in [3.05, 3.63) is 15.7 Å². The second-order valence-corrected chi connectivity index (χ2v) is 4.70. The molecular weight excluding hydrogens is 300 g/mol. The molecule has 1 aromatic rings. The molecule has 0 aliphatic carbocycles. The van der Waals surface area contributed by atoms with Crippen LogP contribution in [0.3, 0.4) is 0 Å². The number of imidazole rings is 1. The number of quaternary nitrogens is 1. The lowest BCUT2D eigenvalue weighted by Gasteiger charge is -2.01. The topological polar surface area (TPSA) is 45.3 Å². The van der Waals surface area contributed by atoms with E-state index in [9.17, 15) is 0 Å². The van der Waals surface area contributed by atoms with Gasteiger partial charge in [0.05, 0.1) is 16.4 Å². The lowest BCUT2D eigenvalue weighted by atomic mass is 10.1. The molecule has 0 amide bonds. The first-order valence-electron chi connectivity index (χ1n) is 4.29. The molecule has 0 radical (unpaired) electrons. The van der Waals surface area contributed by atoms with Gasteiger partial charge in [0.15, 0.2) is 5.82 Å². The minimum absolute atomic E-state index is 0. The van der Waals surface area contributed by atoms with E-state index in [2.05, 4.69) is 44.8 Å². The third-order valence-corrected chi connectivity index (χ3v) is 2.94. The van der Waals surface area contributed by atoms with Gasteiger partial charge in [0, 0.05) is 12.3 Å². The molecule has 1 aromatic heterocycles. The van der Waals surface area contributed by atoms with Crippen LogP contribution in [0.15, 0.2) is 6.20 Å². The van der Waals surface area contributed by atoms with Crippen molar-refractivity contribution in [1.29, 1.82) is 0 Å². The molecule has 0 bridgehead atoms. The Bertz CT molecular complexity index is 276. The van der Waals surface area contributed by atoms with Crippen LogP contribution >= 0.6 is 35.0 Å². The van der Waals surface area contributed by atoms with E-state index < -0.39 is 0 Å². The van der Waals surface area contributed by atoms with Crippen LogP contribution in [0.1, 0.15) is 25.2 Å². The highest BCUT2D eigenvalue weighted by Crippen LogP contribution is 2.18. The average molecular weight is 315 g/mol. The predicted octanol–water partition coefficient (Wildman–Crippen LogP) is 1.08. The van der Waals surface area contributed by atoms with E-state index in [1.165, 1.54) is 13.0 Å². The van der Waals surface area contributed by atoms with Gasteiger partial charge < -0.3 is 10.3 Å². The quantitative estimate of drug-likeness (QED) is 0.749. The first-order chi connectivity index (χ1) is 5.75. The number of H-pyrrole nitrogens is 1. The Morgan fingerprint density at radius 3 is 2.92 bits per heavy atom. The SMILES string of the molecule is C[C@@H]1C[NH2+][C@H](c2ncc(I)[nH]2)C1.Cl. The second kappa shape index (κ2) is 4.61. The van der Waals surface area contributed by atoms with Gasteiger partial charge in [-0.15, -0.1) is 12.4 Å². The lowest BCUT2D eigenvalue weighted by Crippen LogP contribution is -2.82. The zero-order valence-corrected chi connectivity index (χ0v) is 10.4. The van der Waals surface area contributed by atoms with Crippen LogP contribution in [0.5, 0.6) is 0 Å². The summed E-state index contributed by atoms with van der Waals surface area (Å²) in [5.74, 6) is 1.97. The maximum Gasteiger partial charge on any atom is 0.165 e. The molecule has 2 atom stereocenters. The Morgan fingerprint density at radius 1 is 1.69 bits per heavy atom. The third kappa shape index (κ3) is 2.57. The molecule has 74 valence electrons. The van der Waals surface area contributed by atoms with Crippen LogP contribution in [0.4, 0.5) is 0 Å². The molecule has 13 heavy (non-hydrogen) atoms.